The Morgan fingerprint density at radius 3 is 2.64 bits per heavy atom. The molecule has 1 aromatic heterocycles. The van der Waals surface area contributed by atoms with E-state index in [-0.39, 0.29) is 18.5 Å². The normalized spacial score (nSPS) is 12.0. The van der Waals surface area contributed by atoms with E-state index in [1.54, 1.807) is 14.2 Å². The van der Waals surface area contributed by atoms with E-state index < -0.39 is 0 Å². The van der Waals surface area contributed by atoms with Gasteiger partial charge in [0.25, 0.3) is 0 Å². The fraction of sp³-hybridized carbons (Fsp3) is 0.222. The van der Waals surface area contributed by atoms with Crippen LogP contribution in [0, 0.1) is 0 Å². The van der Waals surface area contributed by atoms with Crippen molar-refractivity contribution in [2.45, 2.75) is 26.1 Å². The molecule has 170 valence electrons. The number of aromatic nitrogens is 1. The molecule has 4 aromatic rings. The highest BCUT2D eigenvalue weighted by Gasteiger charge is 2.12. The van der Waals surface area contributed by atoms with E-state index in [9.17, 15) is 4.79 Å². The lowest BCUT2D eigenvalue weighted by Gasteiger charge is -2.17. The van der Waals surface area contributed by atoms with Crippen LogP contribution in [0.5, 0.6) is 11.5 Å². The van der Waals surface area contributed by atoms with E-state index in [1.807, 2.05) is 47.2 Å². The number of carbonyl (C=O) groups excluding carboxylic acids is 1. The Kier molecular flexibility index (Phi) is 6.66. The first-order valence-electron chi connectivity index (χ1n) is 10.9. The molecule has 6 heteroatoms. The predicted octanol–water partition coefficient (Wildman–Crippen LogP) is 4.66. The molecule has 0 bridgehead atoms. The van der Waals surface area contributed by atoms with Crippen LogP contribution in [0.2, 0.25) is 0 Å². The summed E-state index contributed by atoms with van der Waals surface area (Å²) in [5.74, 6) is 1.31. The molecule has 0 saturated carbocycles. The average molecular weight is 444 g/mol. The van der Waals surface area contributed by atoms with Gasteiger partial charge in [-0.3, -0.25) is 4.79 Å². The highest BCUT2D eigenvalue weighted by atomic mass is 16.5. The molecule has 6 nitrogen and oxygen atoms in total. The maximum absolute atomic E-state index is 11.3. The first-order chi connectivity index (χ1) is 16.0. The third-order valence-electron chi connectivity index (χ3n) is 5.88. The Bertz CT molecular complexity index is 1280. The summed E-state index contributed by atoms with van der Waals surface area (Å²) >= 11 is 0. The molecular formula is C27H29N3O3. The fourth-order valence-corrected chi connectivity index (χ4v) is 4.06. The zero-order valence-corrected chi connectivity index (χ0v) is 19.2. The molecule has 33 heavy (non-hydrogen) atoms. The van der Waals surface area contributed by atoms with Gasteiger partial charge in [-0.1, -0.05) is 24.3 Å². The van der Waals surface area contributed by atoms with Crippen molar-refractivity contribution >= 4 is 16.8 Å². The van der Waals surface area contributed by atoms with E-state index in [0.29, 0.717) is 6.54 Å². The lowest BCUT2D eigenvalue weighted by atomic mass is 10.00. The van der Waals surface area contributed by atoms with Crippen LogP contribution in [0.1, 0.15) is 24.1 Å². The Morgan fingerprint density at radius 1 is 1.03 bits per heavy atom. The zero-order valence-electron chi connectivity index (χ0n) is 19.2. The number of hydrogen-bond acceptors (Lipinski definition) is 4. The highest BCUT2D eigenvalue weighted by Crippen LogP contribution is 2.33. The van der Waals surface area contributed by atoms with Gasteiger partial charge in [0.05, 0.1) is 14.2 Å². The molecule has 0 unspecified atom stereocenters. The van der Waals surface area contributed by atoms with Crippen molar-refractivity contribution in [2.24, 2.45) is 5.73 Å². The van der Waals surface area contributed by atoms with Crippen molar-refractivity contribution in [3.05, 3.63) is 84.1 Å². The summed E-state index contributed by atoms with van der Waals surface area (Å²) in [4.78, 5) is 11.3. The number of fused-ring (bicyclic) bond motifs is 1. The number of methoxy groups -OCH3 is 2. The summed E-state index contributed by atoms with van der Waals surface area (Å²) in [6, 6.07) is 22.7. The number of nitrogens with two attached hydrogens (primary N) is 1. The van der Waals surface area contributed by atoms with E-state index >= 15 is 0 Å². The van der Waals surface area contributed by atoms with E-state index in [2.05, 4.69) is 42.6 Å². The molecule has 0 aliphatic rings. The topological polar surface area (TPSA) is 78.5 Å². The number of amides is 1. The Morgan fingerprint density at radius 2 is 1.88 bits per heavy atom. The molecule has 0 fully saturated rings. The summed E-state index contributed by atoms with van der Waals surface area (Å²) in [5, 5.41) is 4.64. The van der Waals surface area contributed by atoms with Crippen molar-refractivity contribution in [3.8, 4) is 22.6 Å². The molecule has 0 aliphatic carbocycles. The summed E-state index contributed by atoms with van der Waals surface area (Å²) in [6.45, 7) is 3.02. The Balaban J connectivity index is 1.57. The van der Waals surface area contributed by atoms with Crippen LogP contribution in [0.15, 0.2) is 72.9 Å². The molecule has 4 rings (SSSR count). The first kappa shape index (κ1) is 22.4. The van der Waals surface area contributed by atoms with Crippen LogP contribution in [0.4, 0.5) is 0 Å². The van der Waals surface area contributed by atoms with Gasteiger partial charge in [-0.15, -0.1) is 0 Å². The van der Waals surface area contributed by atoms with Gasteiger partial charge in [0.15, 0.2) is 0 Å². The minimum Gasteiger partial charge on any atom is -0.497 e. The number of benzene rings is 3. The summed E-state index contributed by atoms with van der Waals surface area (Å²) in [7, 11) is 3.36. The minimum absolute atomic E-state index is 0.165. The molecule has 0 radical (unpaired) electrons. The summed E-state index contributed by atoms with van der Waals surface area (Å²) in [6.07, 6.45) is 1.89. The second-order valence-corrected chi connectivity index (χ2v) is 8.10. The summed E-state index contributed by atoms with van der Waals surface area (Å²) in [5.41, 5.74) is 10.7. The van der Waals surface area contributed by atoms with Crippen molar-refractivity contribution in [2.75, 3.05) is 14.2 Å². The predicted molar refractivity (Wildman–Crippen MR) is 131 cm³/mol. The molecular weight excluding hydrogens is 414 g/mol. The molecule has 0 saturated heterocycles. The molecule has 1 atom stereocenters. The number of hydrogen-bond donors (Lipinski definition) is 2. The quantitative estimate of drug-likeness (QED) is 0.394. The summed E-state index contributed by atoms with van der Waals surface area (Å²) < 4.78 is 12.8. The van der Waals surface area contributed by atoms with Crippen LogP contribution in [0.3, 0.4) is 0 Å². The van der Waals surface area contributed by atoms with E-state index in [4.69, 9.17) is 15.2 Å². The third-order valence-corrected chi connectivity index (χ3v) is 5.88. The number of primary amides is 1. The van der Waals surface area contributed by atoms with E-state index in [1.165, 1.54) is 5.56 Å². The molecule has 3 aromatic carbocycles. The second kappa shape index (κ2) is 9.79. The first-order valence-corrected chi connectivity index (χ1v) is 10.9. The van der Waals surface area contributed by atoms with Gasteiger partial charge in [-0.05, 0) is 66.1 Å². The van der Waals surface area contributed by atoms with Gasteiger partial charge in [-0.25, -0.2) is 0 Å². The molecule has 3 N–H and O–H groups in total. The van der Waals surface area contributed by atoms with Gasteiger partial charge in [0.1, 0.15) is 18.0 Å². The zero-order chi connectivity index (χ0) is 23.4. The van der Waals surface area contributed by atoms with Gasteiger partial charge in [0.2, 0.25) is 5.91 Å². The largest absolute Gasteiger partial charge is 0.497 e. The third kappa shape index (κ3) is 5.02. The number of ether oxygens (including phenoxy) is 2. The minimum atomic E-state index is -0.360. The van der Waals surface area contributed by atoms with Crippen molar-refractivity contribution in [1.29, 1.82) is 0 Å². The molecule has 0 spiro atoms. The van der Waals surface area contributed by atoms with Crippen LogP contribution < -0.4 is 20.5 Å². The number of carbonyl (C=O) groups is 1. The molecule has 1 heterocycles. The van der Waals surface area contributed by atoms with Gasteiger partial charge in [0, 0.05) is 35.2 Å². The van der Waals surface area contributed by atoms with Crippen molar-refractivity contribution in [3.63, 3.8) is 0 Å². The Hall–Kier alpha value is -3.77. The number of rotatable bonds is 9. The van der Waals surface area contributed by atoms with Crippen LogP contribution in [0.25, 0.3) is 22.0 Å². The fourth-order valence-electron chi connectivity index (χ4n) is 4.06. The van der Waals surface area contributed by atoms with E-state index in [0.717, 1.165) is 39.1 Å². The maximum Gasteiger partial charge on any atom is 0.237 e. The average Bonchev–Trinajstić information content (AvgIpc) is 3.23. The standard InChI is InChI=1S/C27H29N3O3/c1-18(20-5-4-6-23(15-20)32-2)29-16-19-7-10-26(33-3)24(13-19)21-8-9-25-22(14-21)11-12-30(25)17-27(28)31/h4-15,18,29H,16-17H2,1-3H3,(H2,28,31)/t18-/m1/s1. The highest BCUT2D eigenvalue weighted by molar-refractivity contribution is 5.88. The SMILES string of the molecule is COc1cccc([C@@H](C)NCc2ccc(OC)c(-c3ccc4c(ccn4CC(N)=O)c3)c2)c1. The maximum atomic E-state index is 11.3. The second-order valence-electron chi connectivity index (χ2n) is 8.10. The van der Waals surface area contributed by atoms with Crippen LogP contribution >= 0.6 is 0 Å². The smallest absolute Gasteiger partial charge is 0.237 e. The number of nitrogens with one attached hydrogen (secondary N) is 1. The molecule has 1 amide bonds. The molecule has 0 aliphatic heterocycles. The lowest BCUT2D eigenvalue weighted by Crippen LogP contribution is -2.18. The van der Waals surface area contributed by atoms with Gasteiger partial charge in [-0.2, -0.15) is 0 Å². The number of nitrogens with zero attached hydrogens (tertiary/aromatic N) is 1. The van der Waals surface area contributed by atoms with Crippen molar-refractivity contribution < 1.29 is 14.3 Å². The van der Waals surface area contributed by atoms with Crippen LogP contribution in [-0.4, -0.2) is 24.7 Å². The van der Waals surface area contributed by atoms with Crippen molar-refractivity contribution in [1.82, 2.24) is 9.88 Å². The van der Waals surface area contributed by atoms with Gasteiger partial charge >= 0.3 is 0 Å². The lowest BCUT2D eigenvalue weighted by molar-refractivity contribution is -0.118. The van der Waals surface area contributed by atoms with Crippen LogP contribution in [-0.2, 0) is 17.9 Å². The van der Waals surface area contributed by atoms with Gasteiger partial charge < -0.3 is 25.1 Å². The Labute approximate surface area is 193 Å². The monoisotopic (exact) mass is 443 g/mol.